The standard InChI is InChI=1S/C16H19FN2O2/c1-11-4-6-16(14(19-11)9-18-2)21-10-12-5-7-15(20-3)13(17)8-12/h4-8,18H,9-10H2,1-3H3. The van der Waals surface area contributed by atoms with Crippen molar-refractivity contribution >= 4 is 0 Å². The summed E-state index contributed by atoms with van der Waals surface area (Å²) in [5.74, 6) is 0.536. The van der Waals surface area contributed by atoms with Crippen LogP contribution in [0.4, 0.5) is 4.39 Å². The van der Waals surface area contributed by atoms with Crippen molar-refractivity contribution in [3.8, 4) is 11.5 Å². The fourth-order valence-corrected chi connectivity index (χ4v) is 1.98. The van der Waals surface area contributed by atoms with Gasteiger partial charge in [0.05, 0.1) is 12.8 Å². The van der Waals surface area contributed by atoms with Gasteiger partial charge in [0.2, 0.25) is 0 Å². The van der Waals surface area contributed by atoms with Crippen molar-refractivity contribution in [2.45, 2.75) is 20.1 Å². The second kappa shape index (κ2) is 7.04. The molecule has 0 aliphatic rings. The van der Waals surface area contributed by atoms with Gasteiger partial charge < -0.3 is 14.8 Å². The van der Waals surface area contributed by atoms with E-state index in [0.29, 0.717) is 12.3 Å². The fourth-order valence-electron chi connectivity index (χ4n) is 1.98. The average Bonchev–Trinajstić information content (AvgIpc) is 2.47. The topological polar surface area (TPSA) is 43.4 Å². The first kappa shape index (κ1) is 15.3. The van der Waals surface area contributed by atoms with Crippen molar-refractivity contribution in [3.63, 3.8) is 0 Å². The second-order valence-corrected chi connectivity index (χ2v) is 4.69. The molecule has 0 aliphatic carbocycles. The number of rotatable bonds is 6. The molecule has 21 heavy (non-hydrogen) atoms. The largest absolute Gasteiger partial charge is 0.494 e. The van der Waals surface area contributed by atoms with Gasteiger partial charge in [0, 0.05) is 12.2 Å². The quantitative estimate of drug-likeness (QED) is 0.888. The molecule has 0 atom stereocenters. The Kier molecular flexibility index (Phi) is 5.11. The van der Waals surface area contributed by atoms with E-state index in [1.165, 1.54) is 13.2 Å². The highest BCUT2D eigenvalue weighted by atomic mass is 19.1. The van der Waals surface area contributed by atoms with Gasteiger partial charge in [0.1, 0.15) is 12.4 Å². The van der Waals surface area contributed by atoms with Crippen molar-refractivity contribution in [1.82, 2.24) is 10.3 Å². The number of nitrogens with zero attached hydrogens (tertiary/aromatic N) is 1. The Hall–Kier alpha value is -2.14. The van der Waals surface area contributed by atoms with E-state index in [9.17, 15) is 4.39 Å². The number of methoxy groups -OCH3 is 1. The molecule has 0 spiro atoms. The van der Waals surface area contributed by atoms with Gasteiger partial charge in [-0.1, -0.05) is 6.07 Å². The van der Waals surface area contributed by atoms with E-state index in [0.717, 1.165) is 17.0 Å². The van der Waals surface area contributed by atoms with E-state index in [4.69, 9.17) is 9.47 Å². The summed E-state index contributed by atoms with van der Waals surface area (Å²) in [5, 5.41) is 3.05. The lowest BCUT2D eigenvalue weighted by Crippen LogP contribution is -2.10. The summed E-state index contributed by atoms with van der Waals surface area (Å²) in [5.41, 5.74) is 2.51. The molecule has 1 aromatic heterocycles. The minimum absolute atomic E-state index is 0.228. The first-order valence-corrected chi connectivity index (χ1v) is 6.70. The van der Waals surface area contributed by atoms with E-state index in [1.807, 2.05) is 26.1 Å². The molecule has 2 aromatic rings. The Bertz CT molecular complexity index is 617. The number of aromatic nitrogens is 1. The van der Waals surface area contributed by atoms with Crippen LogP contribution in [-0.4, -0.2) is 19.1 Å². The number of halogens is 1. The minimum atomic E-state index is -0.393. The van der Waals surface area contributed by atoms with E-state index in [-0.39, 0.29) is 12.4 Å². The smallest absolute Gasteiger partial charge is 0.165 e. The summed E-state index contributed by atoms with van der Waals surface area (Å²) < 4.78 is 24.3. The number of aryl methyl sites for hydroxylation is 1. The second-order valence-electron chi connectivity index (χ2n) is 4.69. The van der Waals surface area contributed by atoms with Crippen molar-refractivity contribution in [1.29, 1.82) is 0 Å². The van der Waals surface area contributed by atoms with Crippen molar-refractivity contribution in [2.24, 2.45) is 0 Å². The number of pyridine rings is 1. The first-order valence-electron chi connectivity index (χ1n) is 6.70. The molecule has 1 aromatic carbocycles. The Morgan fingerprint density at radius 1 is 1.19 bits per heavy atom. The van der Waals surface area contributed by atoms with Crippen molar-refractivity contribution in [3.05, 3.63) is 53.1 Å². The van der Waals surface area contributed by atoms with Crippen LogP contribution in [0, 0.1) is 12.7 Å². The molecule has 0 radical (unpaired) electrons. The maximum atomic E-state index is 13.6. The molecule has 0 bridgehead atoms. The van der Waals surface area contributed by atoms with Gasteiger partial charge in [0.15, 0.2) is 11.6 Å². The molecule has 1 N–H and O–H groups in total. The van der Waals surface area contributed by atoms with Gasteiger partial charge in [0.25, 0.3) is 0 Å². The highest BCUT2D eigenvalue weighted by Gasteiger charge is 2.07. The molecule has 4 nitrogen and oxygen atoms in total. The lowest BCUT2D eigenvalue weighted by atomic mass is 10.2. The van der Waals surface area contributed by atoms with E-state index >= 15 is 0 Å². The van der Waals surface area contributed by atoms with Crippen LogP contribution in [0.15, 0.2) is 30.3 Å². The van der Waals surface area contributed by atoms with Crippen LogP contribution in [0.1, 0.15) is 17.0 Å². The van der Waals surface area contributed by atoms with Gasteiger partial charge in [-0.3, -0.25) is 4.98 Å². The maximum absolute atomic E-state index is 13.6. The number of benzene rings is 1. The SMILES string of the molecule is CNCc1nc(C)ccc1OCc1ccc(OC)c(F)c1. The Labute approximate surface area is 123 Å². The third-order valence-electron chi connectivity index (χ3n) is 3.03. The maximum Gasteiger partial charge on any atom is 0.165 e. The van der Waals surface area contributed by atoms with Crippen molar-refractivity contribution < 1.29 is 13.9 Å². The summed E-state index contributed by atoms with van der Waals surface area (Å²) in [6.07, 6.45) is 0. The van der Waals surface area contributed by atoms with Crippen LogP contribution in [-0.2, 0) is 13.2 Å². The first-order chi connectivity index (χ1) is 10.1. The van der Waals surface area contributed by atoms with Crippen LogP contribution < -0.4 is 14.8 Å². The molecule has 0 aliphatic heterocycles. The van der Waals surface area contributed by atoms with Crippen LogP contribution in [0.2, 0.25) is 0 Å². The molecular weight excluding hydrogens is 271 g/mol. The normalized spacial score (nSPS) is 10.5. The van der Waals surface area contributed by atoms with Gasteiger partial charge in [-0.2, -0.15) is 0 Å². The fraction of sp³-hybridized carbons (Fsp3) is 0.312. The number of hydrogen-bond donors (Lipinski definition) is 1. The van der Waals surface area contributed by atoms with E-state index in [2.05, 4.69) is 10.3 Å². The van der Waals surface area contributed by atoms with Crippen molar-refractivity contribution in [2.75, 3.05) is 14.2 Å². The zero-order valence-electron chi connectivity index (χ0n) is 12.4. The summed E-state index contributed by atoms with van der Waals surface area (Å²) in [7, 11) is 3.29. The van der Waals surface area contributed by atoms with Crippen LogP contribution in [0.5, 0.6) is 11.5 Å². The molecule has 112 valence electrons. The lowest BCUT2D eigenvalue weighted by Gasteiger charge is -2.12. The van der Waals surface area contributed by atoms with Gasteiger partial charge in [-0.25, -0.2) is 4.39 Å². The van der Waals surface area contributed by atoms with E-state index in [1.54, 1.807) is 12.1 Å². The molecular formula is C16H19FN2O2. The molecule has 0 saturated carbocycles. The van der Waals surface area contributed by atoms with Crippen LogP contribution >= 0.6 is 0 Å². The minimum Gasteiger partial charge on any atom is -0.494 e. The van der Waals surface area contributed by atoms with Gasteiger partial charge >= 0.3 is 0 Å². The van der Waals surface area contributed by atoms with Crippen LogP contribution in [0.3, 0.4) is 0 Å². The number of nitrogens with one attached hydrogen (secondary N) is 1. The van der Waals surface area contributed by atoms with E-state index < -0.39 is 5.82 Å². The summed E-state index contributed by atoms with van der Waals surface area (Å²) in [6.45, 7) is 2.83. The number of ether oxygens (including phenoxy) is 2. The molecule has 0 amide bonds. The summed E-state index contributed by atoms with van der Waals surface area (Å²) in [6, 6.07) is 8.56. The zero-order chi connectivity index (χ0) is 15.2. The highest BCUT2D eigenvalue weighted by molar-refractivity contribution is 5.31. The third kappa shape index (κ3) is 3.92. The predicted molar refractivity (Wildman–Crippen MR) is 79.0 cm³/mol. The zero-order valence-corrected chi connectivity index (χ0v) is 12.4. The molecule has 0 unspecified atom stereocenters. The van der Waals surface area contributed by atoms with Crippen LogP contribution in [0.25, 0.3) is 0 Å². The Morgan fingerprint density at radius 2 is 1.95 bits per heavy atom. The number of hydrogen-bond acceptors (Lipinski definition) is 4. The van der Waals surface area contributed by atoms with Gasteiger partial charge in [-0.05, 0) is 43.8 Å². The Morgan fingerprint density at radius 3 is 2.62 bits per heavy atom. The predicted octanol–water partition coefficient (Wildman–Crippen LogP) is 2.84. The molecule has 0 fully saturated rings. The lowest BCUT2D eigenvalue weighted by molar-refractivity contribution is 0.299. The summed E-state index contributed by atoms with van der Waals surface area (Å²) >= 11 is 0. The monoisotopic (exact) mass is 290 g/mol. The third-order valence-corrected chi connectivity index (χ3v) is 3.03. The Balaban J connectivity index is 2.10. The molecule has 5 heteroatoms. The summed E-state index contributed by atoms with van der Waals surface area (Å²) in [4.78, 5) is 4.44. The average molecular weight is 290 g/mol. The molecule has 2 rings (SSSR count). The molecule has 0 saturated heterocycles. The van der Waals surface area contributed by atoms with Gasteiger partial charge in [-0.15, -0.1) is 0 Å². The highest BCUT2D eigenvalue weighted by Crippen LogP contribution is 2.21. The molecule has 1 heterocycles.